The van der Waals surface area contributed by atoms with Crippen molar-refractivity contribution >= 4 is 27.0 Å². The first kappa shape index (κ1) is 32.8. The van der Waals surface area contributed by atoms with Crippen LogP contribution in [0, 0.1) is 17.6 Å². The summed E-state index contributed by atoms with van der Waals surface area (Å²) in [6.07, 6.45) is -1.91. The standard InChI is InChI=1S/C32H27F6N7O3S/c1-44(2)49(47,48)19-5-3-16(4-6-19)20-12-23-25(13-39-42-23)41-28(20)24(9-15-7-17(33)10-18(34)8-15)40-26(46)14-45-30-27(29(43-45)31(35)36)21-11-22(21)32(30,37)38/h3-8,10,12-13,21-22,24,31H,9,11,14H2,1-2H3,(H,39,42)(H,40,46)/t21-,22+,24-/m0/s1. The largest absolute Gasteiger partial charge is 0.346 e. The van der Waals surface area contributed by atoms with Crippen molar-refractivity contribution in [2.45, 2.75) is 48.6 Å². The number of nitrogens with zero attached hydrogens (tertiary/aromatic N) is 5. The molecule has 49 heavy (non-hydrogen) atoms. The molecule has 0 radical (unpaired) electrons. The van der Waals surface area contributed by atoms with E-state index in [9.17, 15) is 30.8 Å². The van der Waals surface area contributed by atoms with Crippen LogP contribution in [0.2, 0.25) is 0 Å². The molecule has 5 aromatic rings. The van der Waals surface area contributed by atoms with Gasteiger partial charge in [-0.3, -0.25) is 14.6 Å². The summed E-state index contributed by atoms with van der Waals surface area (Å²) in [5.74, 6) is -8.01. The second-order valence-corrected chi connectivity index (χ2v) is 14.5. The second kappa shape index (κ2) is 11.7. The highest BCUT2D eigenvalue weighted by molar-refractivity contribution is 7.89. The number of alkyl halides is 4. The molecule has 1 amide bonds. The lowest BCUT2D eigenvalue weighted by Gasteiger charge is -2.23. The number of nitrogens with one attached hydrogen (secondary N) is 2. The molecule has 3 aromatic heterocycles. The number of hydrogen-bond donors (Lipinski definition) is 2. The average molecular weight is 704 g/mol. The SMILES string of the molecule is CN(C)S(=O)(=O)c1ccc(-c2cc3[nH]ncc3nc2[C@H](Cc2cc(F)cc(F)c2)NC(=O)Cn2nc(C(F)F)c3c2C(F)(F)[C@@H]2C[C@H]32)cc1. The summed E-state index contributed by atoms with van der Waals surface area (Å²) >= 11 is 0. The molecule has 0 unspecified atom stereocenters. The first-order valence-electron chi connectivity index (χ1n) is 15.0. The highest BCUT2D eigenvalue weighted by atomic mass is 32.2. The summed E-state index contributed by atoms with van der Waals surface area (Å²) in [5, 5.41) is 13.2. The lowest BCUT2D eigenvalue weighted by atomic mass is 9.95. The second-order valence-electron chi connectivity index (χ2n) is 12.3. The fourth-order valence-corrected chi connectivity index (χ4v) is 7.44. The molecule has 2 aromatic carbocycles. The number of aromatic amines is 1. The van der Waals surface area contributed by atoms with Gasteiger partial charge in [0.2, 0.25) is 15.9 Å². The summed E-state index contributed by atoms with van der Waals surface area (Å²) in [6.45, 7) is -0.849. The number of hydrogen-bond acceptors (Lipinski definition) is 6. The van der Waals surface area contributed by atoms with Gasteiger partial charge in [0, 0.05) is 37.2 Å². The Morgan fingerprint density at radius 2 is 1.78 bits per heavy atom. The third-order valence-corrected chi connectivity index (χ3v) is 10.7. The third-order valence-electron chi connectivity index (χ3n) is 8.89. The number of amides is 1. The van der Waals surface area contributed by atoms with Gasteiger partial charge >= 0.3 is 0 Å². The van der Waals surface area contributed by atoms with E-state index in [1.54, 1.807) is 6.07 Å². The summed E-state index contributed by atoms with van der Waals surface area (Å²) in [7, 11) is -1.01. The first-order chi connectivity index (χ1) is 23.1. The van der Waals surface area contributed by atoms with Crippen molar-refractivity contribution in [1.29, 1.82) is 0 Å². The number of fused-ring (bicyclic) bond motifs is 4. The Hall–Kier alpha value is -4.77. The van der Waals surface area contributed by atoms with Crippen LogP contribution in [-0.2, 0) is 33.7 Å². The molecule has 3 atom stereocenters. The summed E-state index contributed by atoms with van der Waals surface area (Å²) in [6, 6.07) is 9.06. The number of H-pyrrole nitrogens is 1. The maximum Gasteiger partial charge on any atom is 0.293 e. The maximum absolute atomic E-state index is 15.2. The van der Waals surface area contributed by atoms with Gasteiger partial charge in [-0.25, -0.2) is 35.3 Å². The van der Waals surface area contributed by atoms with Crippen LogP contribution in [0.1, 0.15) is 53.0 Å². The van der Waals surface area contributed by atoms with Crippen LogP contribution in [0.5, 0.6) is 0 Å². The van der Waals surface area contributed by atoms with Crippen molar-refractivity contribution in [2.75, 3.05) is 14.1 Å². The Morgan fingerprint density at radius 1 is 1.08 bits per heavy atom. The van der Waals surface area contributed by atoms with Crippen LogP contribution in [0.4, 0.5) is 26.3 Å². The molecule has 3 heterocycles. The van der Waals surface area contributed by atoms with Gasteiger partial charge in [-0.05, 0) is 60.2 Å². The Balaban J connectivity index is 1.30. The van der Waals surface area contributed by atoms with E-state index < -0.39 is 75.7 Å². The zero-order chi connectivity index (χ0) is 35.0. The molecule has 1 fully saturated rings. The molecule has 1 saturated carbocycles. The Kier molecular flexibility index (Phi) is 7.81. The zero-order valence-corrected chi connectivity index (χ0v) is 26.6. The minimum Gasteiger partial charge on any atom is -0.346 e. The van der Waals surface area contributed by atoms with E-state index in [0.29, 0.717) is 32.9 Å². The molecule has 0 spiro atoms. The van der Waals surface area contributed by atoms with Gasteiger partial charge in [0.25, 0.3) is 12.3 Å². The summed E-state index contributed by atoms with van der Waals surface area (Å²) in [4.78, 5) is 18.3. The van der Waals surface area contributed by atoms with Crippen LogP contribution >= 0.6 is 0 Å². The van der Waals surface area contributed by atoms with Gasteiger partial charge in [0.1, 0.15) is 35.1 Å². The molecular formula is C32H27F6N7O3S. The minimum atomic E-state index is -3.77. The van der Waals surface area contributed by atoms with Crippen molar-refractivity contribution in [3.05, 3.63) is 94.6 Å². The van der Waals surface area contributed by atoms with Crippen LogP contribution < -0.4 is 5.32 Å². The van der Waals surface area contributed by atoms with Crippen molar-refractivity contribution in [2.24, 2.45) is 5.92 Å². The van der Waals surface area contributed by atoms with Crippen LogP contribution in [0.15, 0.2) is 59.6 Å². The van der Waals surface area contributed by atoms with Crippen molar-refractivity contribution in [1.82, 2.24) is 34.6 Å². The van der Waals surface area contributed by atoms with Gasteiger partial charge in [-0.1, -0.05) is 12.1 Å². The van der Waals surface area contributed by atoms with Gasteiger partial charge < -0.3 is 5.32 Å². The minimum absolute atomic E-state index is 0.00262. The van der Waals surface area contributed by atoms with Crippen molar-refractivity contribution in [3.8, 4) is 11.1 Å². The van der Waals surface area contributed by atoms with Gasteiger partial charge in [-0.2, -0.15) is 19.0 Å². The number of pyridine rings is 1. The molecule has 0 aliphatic heterocycles. The van der Waals surface area contributed by atoms with E-state index >= 15 is 8.78 Å². The highest BCUT2D eigenvalue weighted by Gasteiger charge is 2.67. The normalized spacial score (nSPS) is 18.6. The molecule has 256 valence electrons. The number of rotatable bonds is 10. The third kappa shape index (κ3) is 5.73. The van der Waals surface area contributed by atoms with Crippen LogP contribution in [0.25, 0.3) is 22.2 Å². The van der Waals surface area contributed by atoms with E-state index in [1.165, 1.54) is 44.6 Å². The Labute approximate surface area is 275 Å². The predicted octanol–water partition coefficient (Wildman–Crippen LogP) is 5.60. The van der Waals surface area contributed by atoms with E-state index in [2.05, 4.69) is 25.6 Å². The fourth-order valence-electron chi connectivity index (χ4n) is 6.54. The molecular weight excluding hydrogens is 676 g/mol. The predicted molar refractivity (Wildman–Crippen MR) is 163 cm³/mol. The molecule has 0 saturated heterocycles. The lowest BCUT2D eigenvalue weighted by Crippen LogP contribution is -2.35. The molecule has 10 nitrogen and oxygen atoms in total. The average Bonchev–Trinajstić information content (AvgIpc) is 3.44. The molecule has 2 aliphatic rings. The van der Waals surface area contributed by atoms with E-state index in [-0.39, 0.29) is 34.6 Å². The van der Waals surface area contributed by atoms with Crippen molar-refractivity contribution in [3.63, 3.8) is 0 Å². The Bertz CT molecular complexity index is 2200. The smallest absolute Gasteiger partial charge is 0.293 e. The summed E-state index contributed by atoms with van der Waals surface area (Å²) < 4.78 is 114. The Morgan fingerprint density at radius 3 is 2.43 bits per heavy atom. The van der Waals surface area contributed by atoms with Crippen LogP contribution in [0.3, 0.4) is 0 Å². The zero-order valence-electron chi connectivity index (χ0n) is 25.8. The van der Waals surface area contributed by atoms with Gasteiger partial charge in [0.05, 0.1) is 28.3 Å². The van der Waals surface area contributed by atoms with E-state index in [0.717, 1.165) is 16.4 Å². The number of carbonyl (C=O) groups is 1. The van der Waals surface area contributed by atoms with E-state index in [4.69, 9.17) is 0 Å². The van der Waals surface area contributed by atoms with E-state index in [1.807, 2.05) is 0 Å². The number of carbonyl (C=O) groups excluding carboxylic acids is 1. The first-order valence-corrected chi connectivity index (χ1v) is 16.5. The topological polar surface area (TPSA) is 126 Å². The molecule has 2 aliphatic carbocycles. The molecule has 7 rings (SSSR count). The van der Waals surface area contributed by atoms with Crippen molar-refractivity contribution < 1.29 is 39.6 Å². The molecule has 2 N–H and O–H groups in total. The highest BCUT2D eigenvalue weighted by Crippen LogP contribution is 2.68. The monoisotopic (exact) mass is 703 g/mol. The number of halogens is 6. The number of benzene rings is 2. The molecule has 17 heteroatoms. The van der Waals surface area contributed by atoms with Gasteiger partial charge in [0.15, 0.2) is 0 Å². The lowest BCUT2D eigenvalue weighted by molar-refractivity contribution is -0.123. The molecule has 0 bridgehead atoms. The van der Waals surface area contributed by atoms with Gasteiger partial charge in [-0.15, -0.1) is 0 Å². The quantitative estimate of drug-likeness (QED) is 0.183. The fraction of sp³-hybridized carbons (Fsp3) is 0.312. The number of aromatic nitrogens is 5. The number of sulfonamides is 1. The maximum atomic E-state index is 15.2. The van der Waals surface area contributed by atoms with Crippen LogP contribution in [-0.4, -0.2) is 57.7 Å². The summed E-state index contributed by atoms with van der Waals surface area (Å²) in [5.41, 5.74) is 0.202.